The molecule has 3 N–H and O–H groups in total. The molecule has 1 aliphatic rings. The molecule has 1 saturated heterocycles. The Kier molecular flexibility index (Phi) is 5.86. The van der Waals surface area contributed by atoms with Gasteiger partial charge in [-0.15, -0.1) is 0 Å². The maximum atomic E-state index is 13.8. The van der Waals surface area contributed by atoms with Crippen molar-refractivity contribution in [1.82, 2.24) is 24.5 Å². The van der Waals surface area contributed by atoms with Crippen molar-refractivity contribution in [3.8, 4) is 0 Å². The molecule has 3 aromatic heterocycles. The number of nitrogens with zero attached hydrogens (tertiary/aromatic N) is 6. The summed E-state index contributed by atoms with van der Waals surface area (Å²) in [5.41, 5.74) is 0.357. The number of fused-ring (bicyclic) bond motifs is 1. The lowest BCUT2D eigenvalue weighted by Crippen LogP contribution is -2.45. The Bertz CT molecular complexity index is 1100. The molecule has 3 atom stereocenters. The predicted molar refractivity (Wildman–Crippen MR) is 107 cm³/mol. The molecule has 0 bridgehead atoms. The van der Waals surface area contributed by atoms with E-state index in [1.165, 1.54) is 31.5 Å². The summed E-state index contributed by atoms with van der Waals surface area (Å²) in [4.78, 5) is 18.3. The number of aliphatic hydroxyl groups is 2. The van der Waals surface area contributed by atoms with Crippen LogP contribution in [0.4, 0.5) is 35.1 Å². The minimum absolute atomic E-state index is 0.0480. The monoisotopic (exact) mass is 455 g/mol. The number of imidazole rings is 1. The molecule has 9 nitrogen and oxygen atoms in total. The third kappa shape index (κ3) is 4.72. The number of alkyl halides is 4. The zero-order valence-corrected chi connectivity index (χ0v) is 17.0. The maximum Gasteiger partial charge on any atom is 0.406 e. The first-order chi connectivity index (χ1) is 15.1. The van der Waals surface area contributed by atoms with Gasteiger partial charge in [-0.05, 0) is 19.4 Å². The Morgan fingerprint density at radius 3 is 2.72 bits per heavy atom. The van der Waals surface area contributed by atoms with Crippen LogP contribution in [0, 0.1) is 0 Å². The van der Waals surface area contributed by atoms with Gasteiger partial charge in [-0.25, -0.2) is 19.3 Å². The number of aromatic nitrogens is 5. The van der Waals surface area contributed by atoms with Crippen molar-refractivity contribution in [2.24, 2.45) is 0 Å². The van der Waals surface area contributed by atoms with Crippen molar-refractivity contribution >= 4 is 28.6 Å². The fraction of sp³-hybridized carbons (Fsp3) is 0.474. The number of aliphatic hydroxyl groups excluding tert-OH is 2. The number of halogens is 4. The first kappa shape index (κ1) is 22.1. The zero-order valence-electron chi connectivity index (χ0n) is 17.0. The molecule has 3 aromatic rings. The van der Waals surface area contributed by atoms with Crippen LogP contribution in [-0.4, -0.2) is 66.3 Å². The maximum absolute atomic E-state index is 13.8. The van der Waals surface area contributed by atoms with Gasteiger partial charge in [0.15, 0.2) is 0 Å². The molecule has 4 heterocycles. The molecule has 0 aliphatic carbocycles. The van der Waals surface area contributed by atoms with Crippen LogP contribution in [0.5, 0.6) is 0 Å². The zero-order chi connectivity index (χ0) is 23.0. The molecular formula is C19H21F4N7O2. The molecule has 172 valence electrons. The Morgan fingerprint density at radius 2 is 2.03 bits per heavy atom. The number of rotatable bonds is 5. The smallest absolute Gasteiger partial charge is 0.390 e. The normalized spacial score (nSPS) is 20.5. The second-order valence-electron chi connectivity index (χ2n) is 7.59. The predicted octanol–water partition coefficient (Wildman–Crippen LogP) is 2.49. The lowest BCUT2D eigenvalue weighted by molar-refractivity contribution is -0.140. The van der Waals surface area contributed by atoms with Gasteiger partial charge < -0.3 is 25.0 Å². The molecule has 13 heteroatoms. The average Bonchev–Trinajstić information content (AvgIpc) is 3.07. The first-order valence-electron chi connectivity index (χ1n) is 9.89. The summed E-state index contributed by atoms with van der Waals surface area (Å²) >= 11 is 0. The second-order valence-corrected chi connectivity index (χ2v) is 7.59. The summed E-state index contributed by atoms with van der Waals surface area (Å²) < 4.78 is 54.0. The minimum atomic E-state index is -4.51. The van der Waals surface area contributed by atoms with E-state index in [-0.39, 0.29) is 41.6 Å². The van der Waals surface area contributed by atoms with Crippen LogP contribution in [0.2, 0.25) is 0 Å². The number of hydrogen-bond acceptors (Lipinski definition) is 8. The van der Waals surface area contributed by atoms with E-state index in [1.54, 1.807) is 4.90 Å². The fourth-order valence-corrected chi connectivity index (χ4v) is 3.56. The Balaban J connectivity index is 1.61. The van der Waals surface area contributed by atoms with Crippen molar-refractivity contribution in [3.63, 3.8) is 0 Å². The second kappa shape index (κ2) is 8.47. The van der Waals surface area contributed by atoms with Gasteiger partial charge in [0.2, 0.25) is 5.95 Å². The van der Waals surface area contributed by atoms with Crippen molar-refractivity contribution < 1.29 is 27.8 Å². The number of piperidine rings is 1. The minimum Gasteiger partial charge on any atom is -0.390 e. The third-order valence-electron chi connectivity index (χ3n) is 5.06. The fourth-order valence-electron chi connectivity index (χ4n) is 3.56. The van der Waals surface area contributed by atoms with Gasteiger partial charge in [0, 0.05) is 18.8 Å². The summed E-state index contributed by atoms with van der Waals surface area (Å²) in [5.74, 6) is 0.652. The average molecular weight is 455 g/mol. The highest BCUT2D eigenvalue weighted by atomic mass is 19.4. The summed E-state index contributed by atoms with van der Waals surface area (Å²) in [6.07, 6.45) is -5.13. The van der Waals surface area contributed by atoms with E-state index < -0.39 is 31.1 Å². The lowest BCUT2D eigenvalue weighted by atomic mass is 10.1. The van der Waals surface area contributed by atoms with Crippen LogP contribution in [-0.2, 0) is 6.54 Å². The van der Waals surface area contributed by atoms with E-state index in [2.05, 4.69) is 25.3 Å². The SMILES string of the molecule is CC(O)c1nc2cnc(Nc3ccnc(N4CCC(O)C(F)C4)n3)cc2n1CC(F)(F)F. The highest BCUT2D eigenvalue weighted by Gasteiger charge is 2.31. The van der Waals surface area contributed by atoms with Crippen LogP contribution in [0.3, 0.4) is 0 Å². The van der Waals surface area contributed by atoms with Crippen LogP contribution >= 0.6 is 0 Å². The third-order valence-corrected chi connectivity index (χ3v) is 5.06. The van der Waals surface area contributed by atoms with Gasteiger partial charge in [-0.2, -0.15) is 18.2 Å². The molecule has 32 heavy (non-hydrogen) atoms. The molecule has 0 radical (unpaired) electrons. The van der Waals surface area contributed by atoms with Crippen LogP contribution < -0.4 is 10.2 Å². The van der Waals surface area contributed by atoms with E-state index in [0.717, 1.165) is 4.57 Å². The van der Waals surface area contributed by atoms with Crippen LogP contribution in [0.25, 0.3) is 11.0 Å². The Hall–Kier alpha value is -3.06. The quantitative estimate of drug-likeness (QED) is 0.503. The number of nitrogens with one attached hydrogen (secondary N) is 1. The molecule has 1 fully saturated rings. The highest BCUT2D eigenvalue weighted by molar-refractivity contribution is 5.79. The summed E-state index contributed by atoms with van der Waals surface area (Å²) in [6, 6.07) is 2.92. The van der Waals surface area contributed by atoms with Gasteiger partial charge in [0.05, 0.1) is 24.4 Å². The number of pyridine rings is 1. The molecule has 1 aliphatic heterocycles. The van der Waals surface area contributed by atoms with Crippen molar-refractivity contribution in [3.05, 3.63) is 30.4 Å². The van der Waals surface area contributed by atoms with Crippen molar-refractivity contribution in [2.75, 3.05) is 23.3 Å². The molecule has 4 rings (SSSR count). The van der Waals surface area contributed by atoms with Crippen LogP contribution in [0.15, 0.2) is 24.5 Å². The van der Waals surface area contributed by atoms with Gasteiger partial charge in [0.1, 0.15) is 41.8 Å². The van der Waals surface area contributed by atoms with Gasteiger partial charge in [-0.3, -0.25) is 0 Å². The standard InChI is InChI=1S/C19H21F4N7O2/c1-10(31)17-26-12-7-25-16(6-13(12)30(17)9-19(21,22)23)27-15-2-4-24-18(28-15)29-5-3-14(32)11(20)8-29/h2,4,6-7,10-11,14,31-32H,3,5,8-9H2,1H3,(H,24,25,27,28). The van der Waals surface area contributed by atoms with Crippen LogP contribution in [0.1, 0.15) is 25.3 Å². The molecule has 0 saturated carbocycles. The van der Waals surface area contributed by atoms with Gasteiger partial charge in [0.25, 0.3) is 0 Å². The number of anilines is 3. The molecule has 3 unspecified atom stereocenters. The van der Waals surface area contributed by atoms with Gasteiger partial charge >= 0.3 is 6.18 Å². The lowest BCUT2D eigenvalue weighted by Gasteiger charge is -2.32. The highest BCUT2D eigenvalue weighted by Crippen LogP contribution is 2.28. The molecule has 0 aromatic carbocycles. The van der Waals surface area contributed by atoms with Gasteiger partial charge in [-0.1, -0.05) is 0 Å². The van der Waals surface area contributed by atoms with E-state index in [4.69, 9.17) is 0 Å². The van der Waals surface area contributed by atoms with E-state index in [0.29, 0.717) is 12.4 Å². The van der Waals surface area contributed by atoms with E-state index >= 15 is 0 Å². The Labute approximate surface area is 179 Å². The Morgan fingerprint density at radius 1 is 1.25 bits per heavy atom. The first-order valence-corrected chi connectivity index (χ1v) is 9.89. The summed E-state index contributed by atoms with van der Waals surface area (Å²) in [5, 5.41) is 22.3. The summed E-state index contributed by atoms with van der Waals surface area (Å²) in [6.45, 7) is 0.363. The van der Waals surface area contributed by atoms with E-state index in [1.807, 2.05) is 0 Å². The van der Waals surface area contributed by atoms with E-state index in [9.17, 15) is 27.8 Å². The largest absolute Gasteiger partial charge is 0.406 e. The topological polar surface area (TPSA) is 112 Å². The molecule has 0 spiro atoms. The molecular weight excluding hydrogens is 434 g/mol. The summed E-state index contributed by atoms with van der Waals surface area (Å²) in [7, 11) is 0. The molecule has 0 amide bonds. The number of hydrogen-bond donors (Lipinski definition) is 3. The van der Waals surface area contributed by atoms with Crippen molar-refractivity contribution in [2.45, 2.75) is 44.4 Å². The van der Waals surface area contributed by atoms with Crippen molar-refractivity contribution in [1.29, 1.82) is 0 Å².